The van der Waals surface area contributed by atoms with Crippen molar-refractivity contribution in [1.82, 2.24) is 20.4 Å². The molecule has 1 aliphatic rings. The SMILES string of the molecule is Cc1cc(N=C(N)CC(=N)N2CCNC(=O)C2)n[nH]1. The van der Waals surface area contributed by atoms with Crippen LogP contribution in [0.15, 0.2) is 11.1 Å². The Morgan fingerprint density at radius 1 is 1.68 bits per heavy atom. The number of aliphatic imine (C=N–C) groups is 1. The molecule has 19 heavy (non-hydrogen) atoms. The van der Waals surface area contributed by atoms with E-state index in [-0.39, 0.29) is 18.9 Å². The Kier molecular flexibility index (Phi) is 3.79. The number of hydrogen-bond donors (Lipinski definition) is 4. The summed E-state index contributed by atoms with van der Waals surface area (Å²) in [6.07, 6.45) is 0.208. The van der Waals surface area contributed by atoms with Crippen LogP contribution in [0.2, 0.25) is 0 Å². The summed E-state index contributed by atoms with van der Waals surface area (Å²) in [6, 6.07) is 1.77. The Balaban J connectivity index is 1.94. The van der Waals surface area contributed by atoms with Crippen LogP contribution in [0.4, 0.5) is 5.82 Å². The number of aryl methyl sites for hydroxylation is 1. The highest BCUT2D eigenvalue weighted by molar-refractivity contribution is 6.02. The number of carbonyl (C=O) groups is 1. The molecule has 1 aromatic rings. The molecular formula is C11H17N7O. The molecule has 1 aromatic heterocycles. The van der Waals surface area contributed by atoms with Gasteiger partial charge in [0.15, 0.2) is 5.82 Å². The maximum atomic E-state index is 11.2. The summed E-state index contributed by atoms with van der Waals surface area (Å²) in [4.78, 5) is 17.0. The molecule has 1 fully saturated rings. The second-order valence-electron chi connectivity index (χ2n) is 4.41. The van der Waals surface area contributed by atoms with Crippen LogP contribution in [0.3, 0.4) is 0 Å². The van der Waals surface area contributed by atoms with Crippen LogP contribution >= 0.6 is 0 Å². The Morgan fingerprint density at radius 2 is 2.47 bits per heavy atom. The molecular weight excluding hydrogens is 246 g/mol. The van der Waals surface area contributed by atoms with Gasteiger partial charge in [-0.25, -0.2) is 4.99 Å². The zero-order valence-corrected chi connectivity index (χ0v) is 10.7. The van der Waals surface area contributed by atoms with Crippen LogP contribution in [0.25, 0.3) is 0 Å². The molecule has 0 aliphatic carbocycles. The fraction of sp³-hybridized carbons (Fsp3) is 0.455. The summed E-state index contributed by atoms with van der Waals surface area (Å²) in [5.74, 6) is 1.03. The van der Waals surface area contributed by atoms with Crippen molar-refractivity contribution in [3.8, 4) is 0 Å². The summed E-state index contributed by atoms with van der Waals surface area (Å²) in [5, 5.41) is 17.4. The summed E-state index contributed by atoms with van der Waals surface area (Å²) >= 11 is 0. The fourth-order valence-corrected chi connectivity index (χ4v) is 1.80. The zero-order valence-electron chi connectivity index (χ0n) is 10.7. The highest BCUT2D eigenvalue weighted by Crippen LogP contribution is 2.09. The molecule has 0 saturated carbocycles. The average molecular weight is 263 g/mol. The molecule has 5 N–H and O–H groups in total. The standard InChI is InChI=1S/C11H17N7O/c1-7-4-10(17-16-7)15-8(12)5-9(13)18-3-2-14-11(19)6-18/h4,13H,2-3,5-6H2,1H3,(H,14,19)(H3,12,15,16,17). The number of carbonyl (C=O) groups excluding carboxylic acids is 1. The van der Waals surface area contributed by atoms with Gasteiger partial charge in [0.05, 0.1) is 13.0 Å². The topological polar surface area (TPSA) is 123 Å². The highest BCUT2D eigenvalue weighted by atomic mass is 16.2. The lowest BCUT2D eigenvalue weighted by Crippen LogP contribution is -2.50. The monoisotopic (exact) mass is 263 g/mol. The van der Waals surface area contributed by atoms with Crippen molar-refractivity contribution in [3.05, 3.63) is 11.8 Å². The number of piperazine rings is 1. The van der Waals surface area contributed by atoms with Gasteiger partial charge in [-0.1, -0.05) is 0 Å². The van der Waals surface area contributed by atoms with Gasteiger partial charge in [-0.3, -0.25) is 15.3 Å². The van der Waals surface area contributed by atoms with E-state index >= 15 is 0 Å². The van der Waals surface area contributed by atoms with Gasteiger partial charge in [0, 0.05) is 24.8 Å². The first kappa shape index (κ1) is 13.1. The van der Waals surface area contributed by atoms with E-state index in [0.29, 0.717) is 30.6 Å². The maximum absolute atomic E-state index is 11.2. The normalized spacial score (nSPS) is 16.4. The lowest BCUT2D eigenvalue weighted by Gasteiger charge is -2.28. The molecule has 1 aliphatic heterocycles. The first-order valence-electron chi connectivity index (χ1n) is 5.98. The van der Waals surface area contributed by atoms with E-state index in [1.54, 1.807) is 11.0 Å². The molecule has 0 spiro atoms. The van der Waals surface area contributed by atoms with Gasteiger partial charge in [-0.05, 0) is 6.92 Å². The molecule has 1 amide bonds. The predicted octanol–water partition coefficient (Wildman–Crippen LogP) is -0.494. The van der Waals surface area contributed by atoms with Gasteiger partial charge >= 0.3 is 0 Å². The van der Waals surface area contributed by atoms with Crippen LogP contribution in [0.5, 0.6) is 0 Å². The molecule has 8 nitrogen and oxygen atoms in total. The first-order valence-corrected chi connectivity index (χ1v) is 5.98. The molecule has 0 radical (unpaired) electrons. The van der Waals surface area contributed by atoms with Crippen LogP contribution in [-0.2, 0) is 4.79 Å². The Bertz CT molecular complexity index is 519. The molecule has 2 rings (SSSR count). The van der Waals surface area contributed by atoms with Crippen molar-refractivity contribution < 1.29 is 4.79 Å². The largest absolute Gasteiger partial charge is 0.387 e. The van der Waals surface area contributed by atoms with E-state index in [4.69, 9.17) is 11.1 Å². The highest BCUT2D eigenvalue weighted by Gasteiger charge is 2.19. The van der Waals surface area contributed by atoms with Crippen LogP contribution in [0.1, 0.15) is 12.1 Å². The van der Waals surface area contributed by atoms with Crippen molar-refractivity contribution in [3.63, 3.8) is 0 Å². The minimum atomic E-state index is -0.0746. The lowest BCUT2D eigenvalue weighted by molar-refractivity contribution is -0.122. The van der Waals surface area contributed by atoms with Crippen LogP contribution < -0.4 is 11.1 Å². The molecule has 0 unspecified atom stereocenters. The molecule has 2 heterocycles. The molecule has 1 saturated heterocycles. The minimum absolute atomic E-state index is 0.0746. The molecule has 0 atom stereocenters. The van der Waals surface area contributed by atoms with Crippen molar-refractivity contribution in [1.29, 1.82) is 5.41 Å². The second-order valence-corrected chi connectivity index (χ2v) is 4.41. The lowest BCUT2D eigenvalue weighted by atomic mass is 10.2. The number of amidine groups is 2. The number of nitrogens with two attached hydrogens (primary N) is 1. The molecule has 0 bridgehead atoms. The smallest absolute Gasteiger partial charge is 0.239 e. The van der Waals surface area contributed by atoms with Crippen molar-refractivity contribution in [2.24, 2.45) is 10.7 Å². The molecule has 0 aromatic carbocycles. The second kappa shape index (κ2) is 5.51. The zero-order chi connectivity index (χ0) is 13.8. The van der Waals surface area contributed by atoms with Gasteiger partial charge in [-0.2, -0.15) is 5.10 Å². The summed E-state index contributed by atoms with van der Waals surface area (Å²) in [7, 11) is 0. The Hall–Kier alpha value is -2.38. The van der Waals surface area contributed by atoms with Gasteiger partial charge in [0.1, 0.15) is 11.7 Å². The third-order valence-corrected chi connectivity index (χ3v) is 2.72. The van der Waals surface area contributed by atoms with Crippen molar-refractivity contribution >= 4 is 23.4 Å². The van der Waals surface area contributed by atoms with E-state index in [9.17, 15) is 4.79 Å². The van der Waals surface area contributed by atoms with Gasteiger partial charge in [0.25, 0.3) is 0 Å². The molecule has 102 valence electrons. The predicted molar refractivity (Wildman–Crippen MR) is 71.5 cm³/mol. The number of aromatic nitrogens is 2. The average Bonchev–Trinajstić information content (AvgIpc) is 2.74. The van der Waals surface area contributed by atoms with Gasteiger partial charge in [-0.15, -0.1) is 0 Å². The minimum Gasteiger partial charge on any atom is -0.387 e. The Labute approximate surface area is 110 Å². The van der Waals surface area contributed by atoms with E-state index in [1.807, 2.05) is 6.92 Å². The number of aromatic amines is 1. The van der Waals surface area contributed by atoms with E-state index < -0.39 is 0 Å². The van der Waals surface area contributed by atoms with Crippen molar-refractivity contribution in [2.45, 2.75) is 13.3 Å². The first-order chi connectivity index (χ1) is 9.04. The third kappa shape index (κ3) is 3.54. The molecule has 8 heteroatoms. The number of nitrogens with one attached hydrogen (secondary N) is 3. The summed E-state index contributed by atoms with van der Waals surface area (Å²) < 4.78 is 0. The summed E-state index contributed by atoms with van der Waals surface area (Å²) in [6.45, 7) is 3.25. The van der Waals surface area contributed by atoms with E-state index in [2.05, 4.69) is 20.5 Å². The third-order valence-electron chi connectivity index (χ3n) is 2.72. The number of nitrogens with zero attached hydrogens (tertiary/aromatic N) is 3. The van der Waals surface area contributed by atoms with Gasteiger partial charge < -0.3 is 16.0 Å². The maximum Gasteiger partial charge on any atom is 0.239 e. The fourth-order valence-electron chi connectivity index (χ4n) is 1.80. The van der Waals surface area contributed by atoms with Crippen LogP contribution in [0, 0.1) is 12.3 Å². The van der Waals surface area contributed by atoms with Gasteiger partial charge in [0.2, 0.25) is 5.91 Å². The Morgan fingerprint density at radius 3 is 3.11 bits per heavy atom. The number of rotatable bonds is 3. The number of hydrogen-bond acceptors (Lipinski definition) is 4. The van der Waals surface area contributed by atoms with Crippen LogP contribution in [-0.4, -0.2) is 52.3 Å². The number of H-pyrrole nitrogens is 1. The van der Waals surface area contributed by atoms with Crippen molar-refractivity contribution in [2.75, 3.05) is 19.6 Å². The van der Waals surface area contributed by atoms with E-state index in [1.165, 1.54) is 0 Å². The quantitative estimate of drug-likeness (QED) is 0.434. The summed E-state index contributed by atoms with van der Waals surface area (Å²) in [5.41, 5.74) is 6.68. The van der Waals surface area contributed by atoms with E-state index in [0.717, 1.165) is 5.69 Å². The number of amides is 1.